The SMILES string of the molecule is CC1(C)COCC(c2ccc(C3CCCCC3)cc2)N1. The molecule has 0 bridgehead atoms. The summed E-state index contributed by atoms with van der Waals surface area (Å²) in [5.41, 5.74) is 2.96. The Hall–Kier alpha value is -0.860. The Bertz CT molecular complexity index is 431. The number of nitrogens with one attached hydrogen (secondary N) is 1. The van der Waals surface area contributed by atoms with Crippen LogP contribution in [-0.2, 0) is 4.74 Å². The Morgan fingerprint density at radius 2 is 1.65 bits per heavy atom. The molecule has 0 spiro atoms. The maximum Gasteiger partial charge on any atom is 0.0662 e. The van der Waals surface area contributed by atoms with Gasteiger partial charge in [0.15, 0.2) is 0 Å². The van der Waals surface area contributed by atoms with E-state index < -0.39 is 0 Å². The summed E-state index contributed by atoms with van der Waals surface area (Å²) >= 11 is 0. The molecule has 2 fully saturated rings. The highest BCUT2D eigenvalue weighted by atomic mass is 16.5. The fourth-order valence-electron chi connectivity index (χ4n) is 3.60. The minimum atomic E-state index is 0.0744. The van der Waals surface area contributed by atoms with Crippen LogP contribution in [0.3, 0.4) is 0 Å². The van der Waals surface area contributed by atoms with Gasteiger partial charge in [-0.3, -0.25) is 0 Å². The van der Waals surface area contributed by atoms with Crippen LogP contribution in [0.25, 0.3) is 0 Å². The third-order valence-electron chi connectivity index (χ3n) is 4.73. The zero-order valence-corrected chi connectivity index (χ0v) is 12.8. The molecule has 1 saturated carbocycles. The largest absolute Gasteiger partial charge is 0.378 e. The standard InChI is InChI=1S/C18H27NO/c1-18(2)13-20-12-17(19-18)16-10-8-15(9-11-16)14-6-4-3-5-7-14/h8-11,14,17,19H,3-7,12-13H2,1-2H3. The first-order chi connectivity index (χ1) is 9.64. The summed E-state index contributed by atoms with van der Waals surface area (Å²) in [6.07, 6.45) is 6.97. The van der Waals surface area contributed by atoms with Crippen LogP contribution in [-0.4, -0.2) is 18.8 Å². The van der Waals surface area contributed by atoms with Gasteiger partial charge in [0.25, 0.3) is 0 Å². The molecule has 1 unspecified atom stereocenters. The van der Waals surface area contributed by atoms with Gasteiger partial charge in [-0.25, -0.2) is 0 Å². The summed E-state index contributed by atoms with van der Waals surface area (Å²) in [4.78, 5) is 0. The molecule has 1 atom stereocenters. The Kier molecular flexibility index (Phi) is 4.13. The van der Waals surface area contributed by atoms with Crippen LogP contribution in [0.1, 0.15) is 69.0 Å². The molecule has 0 aromatic heterocycles. The predicted octanol–water partition coefficient (Wildman–Crippen LogP) is 4.17. The van der Waals surface area contributed by atoms with Crippen molar-refractivity contribution in [1.82, 2.24) is 5.32 Å². The number of ether oxygens (including phenoxy) is 1. The lowest BCUT2D eigenvalue weighted by Crippen LogP contribution is -2.51. The highest BCUT2D eigenvalue weighted by molar-refractivity contribution is 5.28. The van der Waals surface area contributed by atoms with Crippen molar-refractivity contribution in [3.63, 3.8) is 0 Å². The minimum absolute atomic E-state index is 0.0744. The molecule has 1 N–H and O–H groups in total. The van der Waals surface area contributed by atoms with Crippen molar-refractivity contribution >= 4 is 0 Å². The zero-order chi connectivity index (χ0) is 14.0. The van der Waals surface area contributed by atoms with E-state index in [1.807, 2.05) is 0 Å². The molecule has 1 aliphatic carbocycles. The first-order valence-electron chi connectivity index (χ1n) is 8.09. The van der Waals surface area contributed by atoms with Crippen molar-refractivity contribution in [1.29, 1.82) is 0 Å². The van der Waals surface area contributed by atoms with Crippen LogP contribution in [0.5, 0.6) is 0 Å². The molecule has 1 heterocycles. The van der Waals surface area contributed by atoms with Gasteiger partial charge in [0.2, 0.25) is 0 Å². The van der Waals surface area contributed by atoms with E-state index in [1.54, 1.807) is 0 Å². The Morgan fingerprint density at radius 3 is 2.30 bits per heavy atom. The van der Waals surface area contributed by atoms with E-state index in [-0.39, 0.29) is 5.54 Å². The van der Waals surface area contributed by atoms with Crippen molar-refractivity contribution in [2.75, 3.05) is 13.2 Å². The molecule has 1 aliphatic heterocycles. The van der Waals surface area contributed by atoms with Crippen LogP contribution < -0.4 is 5.32 Å². The van der Waals surface area contributed by atoms with Gasteiger partial charge in [-0.2, -0.15) is 0 Å². The molecule has 110 valence electrons. The van der Waals surface area contributed by atoms with Crippen LogP contribution in [0.2, 0.25) is 0 Å². The number of morpholine rings is 1. The highest BCUT2D eigenvalue weighted by Gasteiger charge is 2.28. The average Bonchev–Trinajstić information content (AvgIpc) is 2.47. The second-order valence-electron chi connectivity index (χ2n) is 7.10. The van der Waals surface area contributed by atoms with Crippen molar-refractivity contribution < 1.29 is 4.74 Å². The molecule has 2 aliphatic rings. The molecule has 0 radical (unpaired) electrons. The third kappa shape index (κ3) is 3.24. The summed E-state index contributed by atoms with van der Waals surface area (Å²) in [7, 11) is 0. The predicted molar refractivity (Wildman–Crippen MR) is 83.0 cm³/mol. The van der Waals surface area contributed by atoms with E-state index in [1.165, 1.54) is 43.2 Å². The Balaban J connectivity index is 1.69. The van der Waals surface area contributed by atoms with E-state index >= 15 is 0 Å². The van der Waals surface area contributed by atoms with Crippen LogP contribution >= 0.6 is 0 Å². The first-order valence-corrected chi connectivity index (χ1v) is 8.09. The summed E-state index contributed by atoms with van der Waals surface area (Å²) < 4.78 is 5.74. The molecule has 2 nitrogen and oxygen atoms in total. The van der Waals surface area contributed by atoms with Gasteiger partial charge in [-0.1, -0.05) is 43.5 Å². The van der Waals surface area contributed by atoms with Gasteiger partial charge < -0.3 is 10.1 Å². The van der Waals surface area contributed by atoms with Crippen molar-refractivity contribution in [2.45, 2.75) is 63.5 Å². The number of benzene rings is 1. The monoisotopic (exact) mass is 273 g/mol. The molecule has 20 heavy (non-hydrogen) atoms. The fourth-order valence-corrected chi connectivity index (χ4v) is 3.60. The second kappa shape index (κ2) is 5.87. The van der Waals surface area contributed by atoms with Crippen LogP contribution in [0, 0.1) is 0 Å². The number of hydrogen-bond acceptors (Lipinski definition) is 2. The number of rotatable bonds is 2. The van der Waals surface area contributed by atoms with Crippen molar-refractivity contribution in [3.8, 4) is 0 Å². The normalized spacial score (nSPS) is 27.4. The van der Waals surface area contributed by atoms with Gasteiger partial charge in [0, 0.05) is 5.54 Å². The van der Waals surface area contributed by atoms with Gasteiger partial charge in [0.05, 0.1) is 19.3 Å². The molecule has 2 heteroatoms. The molecular formula is C18H27NO. The molecule has 3 rings (SSSR count). The zero-order valence-electron chi connectivity index (χ0n) is 12.8. The minimum Gasteiger partial charge on any atom is -0.378 e. The maximum atomic E-state index is 5.74. The Morgan fingerprint density at radius 1 is 1.00 bits per heavy atom. The van der Waals surface area contributed by atoms with E-state index in [9.17, 15) is 0 Å². The smallest absolute Gasteiger partial charge is 0.0662 e. The molecule has 1 saturated heterocycles. The van der Waals surface area contributed by atoms with Crippen molar-refractivity contribution in [2.24, 2.45) is 0 Å². The lowest BCUT2D eigenvalue weighted by atomic mass is 9.83. The summed E-state index contributed by atoms with van der Waals surface area (Å²) in [5, 5.41) is 3.68. The van der Waals surface area contributed by atoms with Crippen molar-refractivity contribution in [3.05, 3.63) is 35.4 Å². The quantitative estimate of drug-likeness (QED) is 0.873. The lowest BCUT2D eigenvalue weighted by molar-refractivity contribution is 0.0127. The summed E-state index contributed by atoms with van der Waals surface area (Å²) in [6, 6.07) is 9.61. The van der Waals surface area contributed by atoms with E-state index in [0.717, 1.165) is 19.1 Å². The molecule has 0 amide bonds. The molecule has 1 aromatic carbocycles. The van der Waals surface area contributed by atoms with Gasteiger partial charge in [-0.15, -0.1) is 0 Å². The fraction of sp³-hybridized carbons (Fsp3) is 0.667. The first kappa shape index (κ1) is 14.1. The third-order valence-corrected chi connectivity index (χ3v) is 4.73. The summed E-state index contributed by atoms with van der Waals surface area (Å²) in [6.45, 7) is 5.99. The average molecular weight is 273 g/mol. The Labute approximate surface area is 122 Å². The number of hydrogen-bond donors (Lipinski definition) is 1. The van der Waals surface area contributed by atoms with Crippen LogP contribution in [0.15, 0.2) is 24.3 Å². The van der Waals surface area contributed by atoms with Crippen LogP contribution in [0.4, 0.5) is 0 Å². The maximum absolute atomic E-state index is 5.74. The van der Waals surface area contributed by atoms with Gasteiger partial charge in [0.1, 0.15) is 0 Å². The van der Waals surface area contributed by atoms with E-state index in [4.69, 9.17) is 4.74 Å². The topological polar surface area (TPSA) is 21.3 Å². The van der Waals surface area contributed by atoms with E-state index in [0.29, 0.717) is 6.04 Å². The molecule has 1 aromatic rings. The highest BCUT2D eigenvalue weighted by Crippen LogP contribution is 2.33. The van der Waals surface area contributed by atoms with Gasteiger partial charge >= 0.3 is 0 Å². The molecular weight excluding hydrogens is 246 g/mol. The second-order valence-corrected chi connectivity index (χ2v) is 7.10. The lowest BCUT2D eigenvalue weighted by Gasteiger charge is -2.37. The van der Waals surface area contributed by atoms with E-state index in [2.05, 4.69) is 43.4 Å². The van der Waals surface area contributed by atoms with Gasteiger partial charge in [-0.05, 0) is 43.7 Å². The summed E-state index contributed by atoms with van der Waals surface area (Å²) in [5.74, 6) is 0.796.